The molecule has 0 saturated heterocycles. The number of hydrogen-bond acceptors (Lipinski definition) is 6. The van der Waals surface area contributed by atoms with Crippen LogP contribution < -0.4 is 31.2 Å². The van der Waals surface area contributed by atoms with Gasteiger partial charge in [-0.1, -0.05) is 74.2 Å². The molecule has 0 spiro atoms. The highest BCUT2D eigenvalue weighted by atomic mass is 15.0. The molecule has 56 heavy (non-hydrogen) atoms. The smallest absolute Gasteiger partial charge is 0.239 e. The number of fused-ring (bicyclic) bond motifs is 4. The minimum absolute atomic E-state index is 0.732. The lowest BCUT2D eigenvalue weighted by Gasteiger charge is -2.13. The maximum Gasteiger partial charge on any atom is 0.239 e. The number of rotatable bonds is 13. The molecule has 0 atom stereocenters. The van der Waals surface area contributed by atoms with Crippen LogP contribution in [0.4, 0.5) is 22.7 Å². The van der Waals surface area contributed by atoms with Crippen LogP contribution in [0.25, 0.3) is 55.5 Å². The standard InChI is InChI=1S/C48H50N8/c1-31-21-23-41-47(45(31)49)53-39-27-33(3)37(29-43(39)55(41)35-17-11-9-12-18-35)51-25-15-7-5-6-8-16-26-52-38-30-44-40(28-34(38)4)54-48-42(24-22-32(2)46(48)50)56(44)36-19-13-10-14-20-36/h9-14,17-24,27-30H,5-8,15-16,25-26H2,1-4H3,(H4,49,50,51,52)/p+2. The van der Waals surface area contributed by atoms with Crippen LogP contribution in [0, 0.1) is 27.7 Å². The molecule has 0 fully saturated rings. The quantitative estimate of drug-likeness (QED) is 0.0406. The lowest BCUT2D eigenvalue weighted by molar-refractivity contribution is -0.538. The summed E-state index contributed by atoms with van der Waals surface area (Å²) in [6, 6.07) is 38.2. The zero-order chi connectivity index (χ0) is 38.8. The highest BCUT2D eigenvalue weighted by molar-refractivity contribution is 5.93. The predicted octanol–water partition coefficient (Wildman–Crippen LogP) is 9.91. The number of nitrogens with zero attached hydrogens (tertiary/aromatic N) is 4. The van der Waals surface area contributed by atoms with E-state index in [1.54, 1.807) is 0 Å². The summed E-state index contributed by atoms with van der Waals surface area (Å²) in [5, 5.41) is 7.48. The molecule has 282 valence electrons. The van der Waals surface area contributed by atoms with E-state index in [-0.39, 0.29) is 0 Å². The first-order valence-corrected chi connectivity index (χ1v) is 20.0. The van der Waals surface area contributed by atoms with Gasteiger partial charge in [-0.05, 0) is 74.9 Å². The van der Waals surface area contributed by atoms with E-state index in [0.29, 0.717) is 0 Å². The molecule has 0 aliphatic heterocycles. The van der Waals surface area contributed by atoms with Gasteiger partial charge in [-0.2, -0.15) is 0 Å². The average molecular weight is 741 g/mol. The van der Waals surface area contributed by atoms with E-state index in [2.05, 4.69) is 131 Å². The Labute approximate surface area is 329 Å². The Morgan fingerprint density at radius 1 is 0.446 bits per heavy atom. The van der Waals surface area contributed by atoms with Crippen LogP contribution in [0.2, 0.25) is 0 Å². The number of aryl methyl sites for hydroxylation is 4. The third-order valence-corrected chi connectivity index (χ3v) is 11.2. The van der Waals surface area contributed by atoms with Gasteiger partial charge in [0.15, 0.2) is 11.0 Å². The third kappa shape index (κ3) is 7.15. The Kier molecular flexibility index (Phi) is 10.4. The number of hydrogen-bond donors (Lipinski definition) is 4. The largest absolute Gasteiger partial charge is 0.397 e. The average Bonchev–Trinajstić information content (AvgIpc) is 3.21. The predicted molar refractivity (Wildman–Crippen MR) is 234 cm³/mol. The van der Waals surface area contributed by atoms with Crippen LogP contribution in [0.5, 0.6) is 0 Å². The molecule has 8 aromatic rings. The van der Waals surface area contributed by atoms with E-state index in [0.717, 1.165) is 115 Å². The number of benzene rings is 6. The van der Waals surface area contributed by atoms with E-state index in [1.165, 1.54) is 36.8 Å². The molecular formula is C48H52N8+2. The SMILES string of the molecule is Cc1cc2nc3c(N)c(C)ccc3[n+](-c3ccccc3)c2cc1NCCCCCCCCNc1cc2c(cc1C)nc1c(N)c(C)ccc1[n+]2-c1ccccc1. The number of nitrogens with two attached hydrogens (primary N) is 2. The van der Waals surface area contributed by atoms with Gasteiger partial charge in [0, 0.05) is 73.0 Å². The molecule has 8 rings (SSSR count). The Morgan fingerprint density at radius 3 is 1.25 bits per heavy atom. The van der Waals surface area contributed by atoms with Gasteiger partial charge in [0.25, 0.3) is 0 Å². The number of nitrogen functional groups attached to an aromatic ring is 2. The van der Waals surface area contributed by atoms with Gasteiger partial charge in [-0.3, -0.25) is 0 Å². The van der Waals surface area contributed by atoms with Crippen LogP contribution >= 0.6 is 0 Å². The fourth-order valence-electron chi connectivity index (χ4n) is 7.89. The highest BCUT2D eigenvalue weighted by Gasteiger charge is 2.24. The number of aromatic nitrogens is 4. The molecule has 6 aromatic carbocycles. The first kappa shape index (κ1) is 36.7. The van der Waals surface area contributed by atoms with Crippen molar-refractivity contribution in [1.82, 2.24) is 9.97 Å². The van der Waals surface area contributed by atoms with Gasteiger partial charge >= 0.3 is 0 Å². The van der Waals surface area contributed by atoms with Gasteiger partial charge < -0.3 is 22.1 Å². The molecule has 2 heterocycles. The molecule has 0 bridgehead atoms. The van der Waals surface area contributed by atoms with Crippen LogP contribution in [-0.4, -0.2) is 23.1 Å². The summed E-state index contributed by atoms with van der Waals surface area (Å²) in [5.41, 5.74) is 31.2. The molecule has 0 unspecified atom stereocenters. The monoisotopic (exact) mass is 740 g/mol. The van der Waals surface area contributed by atoms with Crippen molar-refractivity contribution in [3.8, 4) is 11.4 Å². The fourth-order valence-corrected chi connectivity index (χ4v) is 7.89. The van der Waals surface area contributed by atoms with Crippen molar-refractivity contribution < 1.29 is 9.13 Å². The van der Waals surface area contributed by atoms with Crippen LogP contribution in [0.3, 0.4) is 0 Å². The van der Waals surface area contributed by atoms with Gasteiger partial charge in [-0.25, -0.2) is 9.97 Å². The van der Waals surface area contributed by atoms with Crippen molar-refractivity contribution in [1.29, 1.82) is 0 Å². The molecule has 2 aromatic heterocycles. The van der Waals surface area contributed by atoms with Gasteiger partial charge in [-0.15, -0.1) is 9.13 Å². The molecule has 0 amide bonds. The maximum absolute atomic E-state index is 6.56. The molecule has 8 heteroatoms. The van der Waals surface area contributed by atoms with Crippen molar-refractivity contribution >= 4 is 66.9 Å². The van der Waals surface area contributed by atoms with E-state index in [1.807, 2.05) is 26.0 Å². The number of unbranched alkanes of at least 4 members (excludes halogenated alkanes) is 5. The Hall–Kier alpha value is -6.28. The topological polar surface area (TPSA) is 110 Å². The summed E-state index contributed by atoms with van der Waals surface area (Å²) in [6.07, 6.45) is 7.14. The zero-order valence-electron chi connectivity index (χ0n) is 33.0. The lowest BCUT2D eigenvalue weighted by Crippen LogP contribution is -2.33. The second-order valence-electron chi connectivity index (χ2n) is 15.2. The summed E-state index contributed by atoms with van der Waals surface area (Å²) in [6.45, 7) is 10.3. The molecule has 6 N–H and O–H groups in total. The van der Waals surface area contributed by atoms with Crippen LogP contribution in [0.1, 0.15) is 60.8 Å². The van der Waals surface area contributed by atoms with E-state index in [9.17, 15) is 0 Å². The molecule has 0 radical (unpaired) electrons. The highest BCUT2D eigenvalue weighted by Crippen LogP contribution is 2.29. The first-order chi connectivity index (χ1) is 27.3. The summed E-state index contributed by atoms with van der Waals surface area (Å²) in [5.74, 6) is 0. The van der Waals surface area contributed by atoms with Crippen molar-refractivity contribution in [3.05, 3.63) is 131 Å². The fraction of sp³-hybridized carbons (Fsp3) is 0.250. The maximum atomic E-state index is 6.56. The van der Waals surface area contributed by atoms with Crippen molar-refractivity contribution in [2.45, 2.75) is 66.2 Å². The van der Waals surface area contributed by atoms with E-state index >= 15 is 0 Å². The van der Waals surface area contributed by atoms with E-state index < -0.39 is 0 Å². The molecule has 0 aliphatic carbocycles. The van der Waals surface area contributed by atoms with Crippen molar-refractivity contribution in [2.24, 2.45) is 0 Å². The molecular weight excluding hydrogens is 689 g/mol. The summed E-state index contributed by atoms with van der Waals surface area (Å²) < 4.78 is 4.57. The number of para-hydroxylation sites is 2. The molecule has 0 aliphatic rings. The first-order valence-electron chi connectivity index (χ1n) is 20.0. The van der Waals surface area contributed by atoms with Crippen LogP contribution in [0.15, 0.2) is 109 Å². The Morgan fingerprint density at radius 2 is 0.839 bits per heavy atom. The third-order valence-electron chi connectivity index (χ3n) is 11.2. The van der Waals surface area contributed by atoms with Crippen LogP contribution in [-0.2, 0) is 0 Å². The minimum Gasteiger partial charge on any atom is -0.397 e. The molecule has 0 saturated carbocycles. The Bertz CT molecular complexity index is 2520. The summed E-state index contributed by atoms with van der Waals surface area (Å²) in [7, 11) is 0. The zero-order valence-corrected chi connectivity index (χ0v) is 33.0. The van der Waals surface area contributed by atoms with Gasteiger partial charge in [0.2, 0.25) is 33.4 Å². The van der Waals surface area contributed by atoms with Crippen molar-refractivity contribution in [3.63, 3.8) is 0 Å². The number of nitrogens with one attached hydrogen (secondary N) is 2. The lowest BCUT2D eigenvalue weighted by atomic mass is 10.1. The van der Waals surface area contributed by atoms with E-state index in [4.69, 9.17) is 21.4 Å². The van der Waals surface area contributed by atoms with Gasteiger partial charge in [0.1, 0.15) is 11.0 Å². The second-order valence-corrected chi connectivity index (χ2v) is 15.2. The normalized spacial score (nSPS) is 11.6. The minimum atomic E-state index is 0.732. The van der Waals surface area contributed by atoms with Gasteiger partial charge in [0.05, 0.1) is 11.4 Å². The Balaban J connectivity index is 0.869. The number of anilines is 4. The molecule has 8 nitrogen and oxygen atoms in total. The van der Waals surface area contributed by atoms with Crippen molar-refractivity contribution in [2.75, 3.05) is 35.2 Å². The second kappa shape index (κ2) is 15.8. The summed E-state index contributed by atoms with van der Waals surface area (Å²) in [4.78, 5) is 10.1. The summed E-state index contributed by atoms with van der Waals surface area (Å²) >= 11 is 0.